The summed E-state index contributed by atoms with van der Waals surface area (Å²) in [4.78, 5) is 16.6. The monoisotopic (exact) mass is 313 g/mol. The summed E-state index contributed by atoms with van der Waals surface area (Å²) in [6, 6.07) is 11.3. The third-order valence-electron chi connectivity index (χ3n) is 3.55. The minimum Gasteiger partial charge on any atom is -0.507 e. The van der Waals surface area contributed by atoms with E-state index in [0.29, 0.717) is 11.3 Å². The highest BCUT2D eigenvalue weighted by Crippen LogP contribution is 2.24. The van der Waals surface area contributed by atoms with Crippen LogP contribution in [-0.4, -0.2) is 29.3 Å². The number of anilines is 1. The Kier molecular flexibility index (Phi) is 5.30. The standard InChI is InChI=1S/C17H19N3O3/c1-3-19(4-2)16-9-10-17(21)13(11-16)12-18-14-5-7-15(8-6-14)20(22)23/h5-12,21H,3-4H2,1-2H3. The van der Waals surface area contributed by atoms with Gasteiger partial charge in [0.1, 0.15) is 5.75 Å². The van der Waals surface area contributed by atoms with Gasteiger partial charge in [0.15, 0.2) is 0 Å². The molecule has 0 aliphatic heterocycles. The zero-order chi connectivity index (χ0) is 16.8. The van der Waals surface area contributed by atoms with Crippen molar-refractivity contribution >= 4 is 23.3 Å². The van der Waals surface area contributed by atoms with Crippen LogP contribution >= 0.6 is 0 Å². The number of non-ortho nitro benzene ring substituents is 1. The molecule has 2 aromatic carbocycles. The molecule has 120 valence electrons. The number of phenolic OH excluding ortho intramolecular Hbond substituents is 1. The fourth-order valence-electron chi connectivity index (χ4n) is 2.24. The van der Waals surface area contributed by atoms with Crippen molar-refractivity contribution in [3.63, 3.8) is 0 Å². The van der Waals surface area contributed by atoms with Crippen LogP contribution in [0.4, 0.5) is 17.1 Å². The lowest BCUT2D eigenvalue weighted by molar-refractivity contribution is -0.384. The molecule has 0 fully saturated rings. The van der Waals surface area contributed by atoms with Crippen LogP contribution in [0.2, 0.25) is 0 Å². The first-order chi connectivity index (χ1) is 11.0. The van der Waals surface area contributed by atoms with Gasteiger partial charge in [-0.3, -0.25) is 15.1 Å². The van der Waals surface area contributed by atoms with E-state index in [2.05, 4.69) is 23.7 Å². The topological polar surface area (TPSA) is 79.0 Å². The lowest BCUT2D eigenvalue weighted by Crippen LogP contribution is -2.21. The normalized spacial score (nSPS) is 10.9. The van der Waals surface area contributed by atoms with Gasteiger partial charge >= 0.3 is 0 Å². The molecule has 23 heavy (non-hydrogen) atoms. The highest BCUT2D eigenvalue weighted by atomic mass is 16.6. The summed E-state index contributed by atoms with van der Waals surface area (Å²) in [7, 11) is 0. The van der Waals surface area contributed by atoms with Gasteiger partial charge in [0.05, 0.1) is 10.6 Å². The van der Waals surface area contributed by atoms with Crippen LogP contribution in [0.5, 0.6) is 5.75 Å². The minimum absolute atomic E-state index is 0.0235. The Morgan fingerprint density at radius 1 is 1.17 bits per heavy atom. The molecule has 0 unspecified atom stereocenters. The third-order valence-corrected chi connectivity index (χ3v) is 3.55. The number of aromatic hydroxyl groups is 1. The Balaban J connectivity index is 2.24. The fraction of sp³-hybridized carbons (Fsp3) is 0.235. The van der Waals surface area contributed by atoms with E-state index in [4.69, 9.17) is 0 Å². The van der Waals surface area contributed by atoms with Gasteiger partial charge in [0, 0.05) is 42.7 Å². The first-order valence-corrected chi connectivity index (χ1v) is 7.41. The lowest BCUT2D eigenvalue weighted by atomic mass is 10.1. The maximum Gasteiger partial charge on any atom is 0.269 e. The molecule has 0 saturated carbocycles. The SMILES string of the molecule is CCN(CC)c1ccc(O)c(C=Nc2ccc([N+](=O)[O-])cc2)c1. The van der Waals surface area contributed by atoms with Crippen molar-refractivity contribution in [2.24, 2.45) is 4.99 Å². The van der Waals surface area contributed by atoms with Crippen molar-refractivity contribution in [2.75, 3.05) is 18.0 Å². The minimum atomic E-state index is -0.452. The number of hydrogen-bond acceptors (Lipinski definition) is 5. The van der Waals surface area contributed by atoms with E-state index in [1.165, 1.54) is 12.1 Å². The molecule has 2 rings (SSSR count). The summed E-state index contributed by atoms with van der Waals surface area (Å²) in [5, 5.41) is 20.6. The van der Waals surface area contributed by atoms with Crippen molar-refractivity contribution in [2.45, 2.75) is 13.8 Å². The Labute approximate surface area is 134 Å². The second-order valence-electron chi connectivity index (χ2n) is 4.95. The van der Waals surface area contributed by atoms with Crippen molar-refractivity contribution < 1.29 is 10.0 Å². The molecule has 0 aliphatic carbocycles. The number of nitro benzene ring substituents is 1. The Morgan fingerprint density at radius 3 is 2.39 bits per heavy atom. The molecule has 0 saturated heterocycles. The summed E-state index contributed by atoms with van der Waals surface area (Å²) in [5.41, 5.74) is 2.23. The number of nitrogens with zero attached hydrogens (tertiary/aromatic N) is 3. The number of aliphatic imine (C=N–C) groups is 1. The molecule has 6 heteroatoms. The van der Waals surface area contributed by atoms with Gasteiger partial charge in [-0.2, -0.15) is 0 Å². The van der Waals surface area contributed by atoms with Crippen LogP contribution in [0.15, 0.2) is 47.5 Å². The second kappa shape index (κ2) is 7.40. The van der Waals surface area contributed by atoms with Crippen molar-refractivity contribution in [1.82, 2.24) is 0 Å². The second-order valence-corrected chi connectivity index (χ2v) is 4.95. The summed E-state index contributed by atoms with van der Waals surface area (Å²) < 4.78 is 0. The largest absolute Gasteiger partial charge is 0.507 e. The van der Waals surface area contributed by atoms with Gasteiger partial charge in [-0.05, 0) is 44.2 Å². The predicted molar refractivity (Wildman–Crippen MR) is 92.0 cm³/mol. The smallest absolute Gasteiger partial charge is 0.269 e. The van der Waals surface area contributed by atoms with E-state index in [1.54, 1.807) is 24.4 Å². The van der Waals surface area contributed by atoms with Gasteiger partial charge in [0.2, 0.25) is 0 Å². The van der Waals surface area contributed by atoms with Gasteiger partial charge in [-0.25, -0.2) is 0 Å². The van der Waals surface area contributed by atoms with E-state index in [-0.39, 0.29) is 11.4 Å². The van der Waals surface area contributed by atoms with Crippen LogP contribution < -0.4 is 4.90 Å². The molecule has 0 bridgehead atoms. The molecular formula is C17H19N3O3. The van der Waals surface area contributed by atoms with Crippen molar-refractivity contribution in [1.29, 1.82) is 0 Å². The van der Waals surface area contributed by atoms with Crippen LogP contribution in [0.1, 0.15) is 19.4 Å². The van der Waals surface area contributed by atoms with E-state index in [9.17, 15) is 15.2 Å². The van der Waals surface area contributed by atoms with Gasteiger partial charge < -0.3 is 10.0 Å². The van der Waals surface area contributed by atoms with E-state index >= 15 is 0 Å². The molecule has 0 amide bonds. The Morgan fingerprint density at radius 2 is 1.83 bits per heavy atom. The Hall–Kier alpha value is -2.89. The number of rotatable bonds is 6. The number of hydrogen-bond donors (Lipinski definition) is 1. The molecule has 0 spiro atoms. The molecular weight excluding hydrogens is 294 g/mol. The zero-order valence-corrected chi connectivity index (χ0v) is 13.1. The molecule has 0 aromatic heterocycles. The quantitative estimate of drug-likeness (QED) is 0.498. The predicted octanol–water partition coefficient (Wildman–Crippen LogP) is 3.90. The summed E-state index contributed by atoms with van der Waals surface area (Å²) in [6.07, 6.45) is 1.56. The molecule has 0 radical (unpaired) electrons. The van der Waals surface area contributed by atoms with Crippen LogP contribution in [-0.2, 0) is 0 Å². The highest BCUT2D eigenvalue weighted by Gasteiger charge is 2.06. The average Bonchev–Trinajstić information content (AvgIpc) is 2.56. The molecule has 2 aromatic rings. The maximum atomic E-state index is 10.6. The van der Waals surface area contributed by atoms with E-state index in [1.807, 2.05) is 12.1 Å². The lowest BCUT2D eigenvalue weighted by Gasteiger charge is -2.21. The van der Waals surface area contributed by atoms with E-state index in [0.717, 1.165) is 18.8 Å². The average molecular weight is 313 g/mol. The van der Waals surface area contributed by atoms with Crippen molar-refractivity contribution in [3.05, 3.63) is 58.1 Å². The summed E-state index contributed by atoms with van der Waals surface area (Å²) in [5.74, 6) is 0.145. The molecule has 0 heterocycles. The molecule has 6 nitrogen and oxygen atoms in total. The third kappa shape index (κ3) is 4.06. The van der Waals surface area contributed by atoms with Gasteiger partial charge in [-0.1, -0.05) is 0 Å². The van der Waals surface area contributed by atoms with Crippen molar-refractivity contribution in [3.8, 4) is 5.75 Å². The molecule has 0 aliphatic rings. The summed E-state index contributed by atoms with van der Waals surface area (Å²) >= 11 is 0. The fourth-order valence-corrected chi connectivity index (χ4v) is 2.24. The van der Waals surface area contributed by atoms with Gasteiger partial charge in [-0.15, -0.1) is 0 Å². The first kappa shape index (κ1) is 16.5. The number of nitro groups is 1. The number of benzene rings is 2. The van der Waals surface area contributed by atoms with Gasteiger partial charge in [0.25, 0.3) is 5.69 Å². The van der Waals surface area contributed by atoms with E-state index < -0.39 is 4.92 Å². The summed E-state index contributed by atoms with van der Waals surface area (Å²) in [6.45, 7) is 5.89. The molecule has 0 atom stereocenters. The highest BCUT2D eigenvalue weighted by molar-refractivity contribution is 5.87. The van der Waals surface area contributed by atoms with Crippen LogP contribution in [0.25, 0.3) is 0 Å². The zero-order valence-electron chi connectivity index (χ0n) is 13.1. The number of phenols is 1. The van der Waals surface area contributed by atoms with Crippen LogP contribution in [0, 0.1) is 10.1 Å². The molecule has 1 N–H and O–H groups in total. The Bertz CT molecular complexity index is 708. The van der Waals surface area contributed by atoms with Crippen LogP contribution in [0.3, 0.4) is 0 Å². The first-order valence-electron chi connectivity index (χ1n) is 7.41. The maximum absolute atomic E-state index is 10.6.